The molecule has 1 amide bonds. The van der Waals surface area contributed by atoms with Gasteiger partial charge in [-0.15, -0.1) is 0 Å². The lowest BCUT2D eigenvalue weighted by molar-refractivity contribution is -0.147. The summed E-state index contributed by atoms with van der Waals surface area (Å²) in [4.78, 5) is 36.3. The Labute approximate surface area is 319 Å². The Morgan fingerprint density at radius 1 is 0.596 bits per heavy atom. The van der Waals surface area contributed by atoms with Crippen LogP contribution in [0.3, 0.4) is 0 Å². The fourth-order valence-corrected chi connectivity index (χ4v) is 6.14. The summed E-state index contributed by atoms with van der Waals surface area (Å²) in [6.07, 6.45) is 47.5. The van der Waals surface area contributed by atoms with Gasteiger partial charge in [0, 0.05) is 12.8 Å². The van der Waals surface area contributed by atoms with Gasteiger partial charge in [0.2, 0.25) is 5.91 Å². The van der Waals surface area contributed by atoms with Crippen LogP contribution in [0.1, 0.15) is 200 Å². The van der Waals surface area contributed by atoms with Gasteiger partial charge in [0.25, 0.3) is 0 Å². The SMILES string of the molecule is CC/C=C\C/C=C\C/C=C\C(CCCCCCC(=O)NC(CCCN)C(=O)O)OC(=O)CCCCCCCCCCC/C=C\CCCCCCCC. The van der Waals surface area contributed by atoms with Crippen molar-refractivity contribution in [2.75, 3.05) is 6.54 Å². The molecule has 0 aromatic carbocycles. The van der Waals surface area contributed by atoms with Gasteiger partial charge in [-0.1, -0.05) is 146 Å². The van der Waals surface area contributed by atoms with Gasteiger partial charge >= 0.3 is 11.9 Å². The summed E-state index contributed by atoms with van der Waals surface area (Å²) in [5.74, 6) is -1.37. The van der Waals surface area contributed by atoms with Crippen molar-refractivity contribution >= 4 is 17.8 Å². The number of esters is 1. The number of hydrogen-bond donors (Lipinski definition) is 3. The van der Waals surface area contributed by atoms with Crippen LogP contribution in [0.4, 0.5) is 0 Å². The van der Waals surface area contributed by atoms with Gasteiger partial charge in [0.05, 0.1) is 0 Å². The molecule has 52 heavy (non-hydrogen) atoms. The van der Waals surface area contributed by atoms with Crippen LogP contribution in [0.15, 0.2) is 48.6 Å². The fraction of sp³-hybridized carbons (Fsp3) is 0.756. The minimum atomic E-state index is -1.02. The van der Waals surface area contributed by atoms with Gasteiger partial charge in [-0.3, -0.25) is 9.59 Å². The summed E-state index contributed by atoms with van der Waals surface area (Å²) in [7, 11) is 0. The Morgan fingerprint density at radius 2 is 1.12 bits per heavy atom. The third-order valence-corrected chi connectivity index (χ3v) is 9.36. The average Bonchev–Trinajstić information content (AvgIpc) is 3.13. The summed E-state index contributed by atoms with van der Waals surface area (Å²) in [5, 5.41) is 11.9. The van der Waals surface area contributed by atoms with E-state index in [4.69, 9.17) is 10.5 Å². The van der Waals surface area contributed by atoms with Crippen LogP contribution in [0.2, 0.25) is 0 Å². The van der Waals surface area contributed by atoms with E-state index < -0.39 is 12.0 Å². The number of nitrogens with one attached hydrogen (secondary N) is 1. The fourth-order valence-electron chi connectivity index (χ4n) is 6.14. The highest BCUT2D eigenvalue weighted by Gasteiger charge is 2.19. The quantitative estimate of drug-likeness (QED) is 0.0331. The number of carbonyl (C=O) groups excluding carboxylic acids is 2. The molecule has 0 aliphatic heterocycles. The minimum Gasteiger partial charge on any atom is -0.480 e. The minimum absolute atomic E-state index is 0.116. The monoisotopic (exact) mass is 729 g/mol. The normalized spacial score (nSPS) is 13.1. The van der Waals surface area contributed by atoms with Crippen molar-refractivity contribution in [2.45, 2.75) is 212 Å². The Bertz CT molecular complexity index is 957. The molecule has 0 rings (SSSR count). The molecule has 0 saturated carbocycles. The van der Waals surface area contributed by atoms with Crippen LogP contribution in [-0.2, 0) is 19.1 Å². The van der Waals surface area contributed by atoms with E-state index in [9.17, 15) is 19.5 Å². The smallest absolute Gasteiger partial charge is 0.326 e. The molecule has 300 valence electrons. The molecular formula is C45H80N2O5. The lowest BCUT2D eigenvalue weighted by Gasteiger charge is -2.15. The predicted molar refractivity (Wildman–Crippen MR) is 220 cm³/mol. The number of nitrogens with two attached hydrogens (primary N) is 1. The van der Waals surface area contributed by atoms with Crippen molar-refractivity contribution < 1.29 is 24.2 Å². The maximum Gasteiger partial charge on any atom is 0.326 e. The van der Waals surface area contributed by atoms with Crippen LogP contribution in [0, 0.1) is 0 Å². The zero-order chi connectivity index (χ0) is 38.2. The number of aliphatic carboxylic acids is 1. The van der Waals surface area contributed by atoms with E-state index in [1.54, 1.807) is 0 Å². The van der Waals surface area contributed by atoms with E-state index in [1.165, 1.54) is 96.3 Å². The van der Waals surface area contributed by atoms with Crippen LogP contribution in [0.25, 0.3) is 0 Å². The first kappa shape index (κ1) is 49.3. The van der Waals surface area contributed by atoms with E-state index in [0.29, 0.717) is 38.6 Å². The van der Waals surface area contributed by atoms with E-state index in [-0.39, 0.29) is 18.0 Å². The van der Waals surface area contributed by atoms with E-state index in [1.807, 2.05) is 6.08 Å². The molecule has 0 saturated heterocycles. The lowest BCUT2D eigenvalue weighted by Crippen LogP contribution is -2.40. The largest absolute Gasteiger partial charge is 0.480 e. The number of allylic oxidation sites excluding steroid dienone is 7. The van der Waals surface area contributed by atoms with Crippen LogP contribution < -0.4 is 11.1 Å². The highest BCUT2D eigenvalue weighted by atomic mass is 16.5. The van der Waals surface area contributed by atoms with Gasteiger partial charge in [-0.25, -0.2) is 4.79 Å². The van der Waals surface area contributed by atoms with E-state index >= 15 is 0 Å². The second-order valence-corrected chi connectivity index (χ2v) is 14.4. The van der Waals surface area contributed by atoms with Crippen molar-refractivity contribution in [3.05, 3.63) is 48.6 Å². The Hall–Kier alpha value is -2.67. The first-order chi connectivity index (χ1) is 25.4. The standard InChI is InChI=1S/C45H80N2O5/c1-3-5-7-9-11-13-14-15-16-17-18-19-20-21-22-23-25-27-33-39-44(49)52-41(35-30-26-24-12-10-8-6-4-2)36-31-28-29-32-38-43(48)47-42(45(50)51)37-34-40-46/h6,8,12,15-16,24,30,35,41-42H,3-5,7,9-11,13-14,17-23,25-29,31-34,36-40,46H2,1-2H3,(H,47,48)(H,50,51)/b8-6-,16-15-,24-12-,35-30-. The van der Waals surface area contributed by atoms with Gasteiger partial charge in [-0.2, -0.15) is 0 Å². The van der Waals surface area contributed by atoms with Gasteiger partial charge in [-0.05, 0) is 96.1 Å². The number of carboxylic acid groups (broad SMARTS) is 1. The Balaban J connectivity index is 4.23. The highest BCUT2D eigenvalue weighted by molar-refractivity contribution is 5.83. The van der Waals surface area contributed by atoms with Crippen molar-refractivity contribution in [3.63, 3.8) is 0 Å². The summed E-state index contributed by atoms with van der Waals surface area (Å²) in [6.45, 7) is 4.80. The van der Waals surface area contributed by atoms with Crippen LogP contribution >= 0.6 is 0 Å². The zero-order valence-corrected chi connectivity index (χ0v) is 33.6. The van der Waals surface area contributed by atoms with Crippen LogP contribution in [0.5, 0.6) is 0 Å². The van der Waals surface area contributed by atoms with E-state index in [0.717, 1.165) is 57.8 Å². The first-order valence-electron chi connectivity index (χ1n) is 21.5. The summed E-state index contributed by atoms with van der Waals surface area (Å²) in [6, 6.07) is -0.877. The molecule has 0 fully saturated rings. The van der Waals surface area contributed by atoms with Crippen molar-refractivity contribution in [2.24, 2.45) is 5.73 Å². The van der Waals surface area contributed by atoms with Crippen molar-refractivity contribution in [3.8, 4) is 0 Å². The van der Waals surface area contributed by atoms with Crippen molar-refractivity contribution in [1.29, 1.82) is 0 Å². The third kappa shape index (κ3) is 35.7. The number of amides is 1. The Kier molecular flexibility index (Phi) is 37.5. The lowest BCUT2D eigenvalue weighted by atomic mass is 10.1. The number of ether oxygens (including phenoxy) is 1. The average molecular weight is 729 g/mol. The molecule has 7 nitrogen and oxygen atoms in total. The molecule has 0 heterocycles. The maximum absolute atomic E-state index is 12.7. The van der Waals surface area contributed by atoms with Gasteiger partial charge in [0.1, 0.15) is 12.1 Å². The number of carbonyl (C=O) groups is 3. The number of carboxylic acids is 1. The molecule has 0 aromatic heterocycles. The molecule has 0 bridgehead atoms. The van der Waals surface area contributed by atoms with Crippen molar-refractivity contribution in [1.82, 2.24) is 5.32 Å². The molecule has 4 N–H and O–H groups in total. The molecule has 0 spiro atoms. The molecular weight excluding hydrogens is 649 g/mol. The molecule has 0 aromatic rings. The second-order valence-electron chi connectivity index (χ2n) is 14.4. The molecule has 0 aliphatic carbocycles. The van der Waals surface area contributed by atoms with Gasteiger partial charge < -0.3 is 20.9 Å². The molecule has 2 unspecified atom stereocenters. The third-order valence-electron chi connectivity index (χ3n) is 9.36. The molecule has 7 heteroatoms. The zero-order valence-electron chi connectivity index (χ0n) is 33.6. The maximum atomic E-state index is 12.7. The predicted octanol–water partition coefficient (Wildman–Crippen LogP) is 12.0. The summed E-state index contributed by atoms with van der Waals surface area (Å²) in [5.41, 5.74) is 5.48. The highest BCUT2D eigenvalue weighted by Crippen LogP contribution is 2.15. The molecule has 2 atom stereocenters. The first-order valence-corrected chi connectivity index (χ1v) is 21.5. The Morgan fingerprint density at radius 3 is 1.69 bits per heavy atom. The van der Waals surface area contributed by atoms with E-state index in [2.05, 4.69) is 61.7 Å². The molecule has 0 radical (unpaired) electrons. The number of hydrogen-bond acceptors (Lipinski definition) is 5. The summed E-state index contributed by atoms with van der Waals surface area (Å²) >= 11 is 0. The number of rotatable bonds is 38. The van der Waals surface area contributed by atoms with Crippen LogP contribution in [-0.4, -0.2) is 41.6 Å². The van der Waals surface area contributed by atoms with Gasteiger partial charge in [0.15, 0.2) is 0 Å². The second kappa shape index (κ2) is 39.5. The number of unbranched alkanes of at least 4 members (excludes halogenated alkanes) is 18. The topological polar surface area (TPSA) is 119 Å². The molecule has 0 aliphatic rings. The summed E-state index contributed by atoms with van der Waals surface area (Å²) < 4.78 is 5.90.